The Labute approximate surface area is 149 Å². The first-order valence-electron chi connectivity index (χ1n) is 8.32. The summed E-state index contributed by atoms with van der Waals surface area (Å²) in [5.41, 5.74) is 3.48. The van der Waals surface area contributed by atoms with E-state index in [9.17, 15) is 18.0 Å². The van der Waals surface area contributed by atoms with Crippen molar-refractivity contribution in [3.05, 3.63) is 70.8 Å². The number of hydrogen-bond acceptors (Lipinski definition) is 3. The first-order valence-corrected chi connectivity index (χ1v) is 8.32. The molecule has 138 valence electrons. The summed E-state index contributed by atoms with van der Waals surface area (Å²) in [6, 6.07) is 12.6. The van der Waals surface area contributed by atoms with Crippen LogP contribution in [0.4, 0.5) is 13.2 Å². The predicted octanol–water partition coefficient (Wildman–Crippen LogP) is 3.55. The highest BCUT2D eigenvalue weighted by Crippen LogP contribution is 2.37. The van der Waals surface area contributed by atoms with Gasteiger partial charge in [0.25, 0.3) is 0 Å². The van der Waals surface area contributed by atoms with Gasteiger partial charge in [0.05, 0.1) is 11.6 Å². The van der Waals surface area contributed by atoms with Crippen molar-refractivity contribution in [1.82, 2.24) is 10.4 Å². The molecular weight excluding hydrogens is 345 g/mol. The molecular formula is C19H19F3N2O2. The van der Waals surface area contributed by atoms with Gasteiger partial charge in [0.2, 0.25) is 5.91 Å². The van der Waals surface area contributed by atoms with Crippen molar-refractivity contribution in [3.8, 4) is 0 Å². The molecule has 0 aromatic heterocycles. The van der Waals surface area contributed by atoms with E-state index in [1.807, 2.05) is 29.2 Å². The number of hydrogen-bond donors (Lipinski definition) is 2. The third-order valence-electron chi connectivity index (χ3n) is 4.66. The molecule has 2 aromatic carbocycles. The van der Waals surface area contributed by atoms with Crippen LogP contribution in [0.25, 0.3) is 0 Å². The van der Waals surface area contributed by atoms with Crippen molar-refractivity contribution in [2.24, 2.45) is 0 Å². The number of halogens is 3. The highest BCUT2D eigenvalue weighted by atomic mass is 19.4. The van der Waals surface area contributed by atoms with Crippen molar-refractivity contribution in [3.63, 3.8) is 0 Å². The third-order valence-corrected chi connectivity index (χ3v) is 4.66. The van der Waals surface area contributed by atoms with E-state index in [1.54, 1.807) is 11.5 Å². The Morgan fingerprint density at radius 1 is 1.19 bits per heavy atom. The van der Waals surface area contributed by atoms with Gasteiger partial charge < -0.3 is 0 Å². The molecule has 0 saturated heterocycles. The van der Waals surface area contributed by atoms with Crippen molar-refractivity contribution in [2.45, 2.75) is 25.1 Å². The van der Waals surface area contributed by atoms with Crippen LogP contribution in [0, 0.1) is 0 Å². The van der Waals surface area contributed by atoms with Crippen molar-refractivity contribution >= 4 is 5.91 Å². The quantitative estimate of drug-likeness (QED) is 0.644. The average Bonchev–Trinajstić information content (AvgIpc) is 2.65. The minimum absolute atomic E-state index is 0.0636. The lowest BCUT2D eigenvalue weighted by atomic mass is 9.87. The van der Waals surface area contributed by atoms with Crippen molar-refractivity contribution < 1.29 is 23.2 Å². The second kappa shape index (κ2) is 7.47. The molecule has 1 aliphatic heterocycles. The average molecular weight is 364 g/mol. The lowest BCUT2D eigenvalue weighted by Crippen LogP contribution is -2.38. The summed E-state index contributed by atoms with van der Waals surface area (Å²) in [4.78, 5) is 13.4. The van der Waals surface area contributed by atoms with Gasteiger partial charge in [0, 0.05) is 19.5 Å². The molecule has 0 spiro atoms. The smallest absolute Gasteiger partial charge is 0.292 e. The number of carbonyl (C=O) groups is 1. The molecule has 0 fully saturated rings. The zero-order chi connectivity index (χ0) is 18.7. The minimum Gasteiger partial charge on any atom is -0.292 e. The second-order valence-electron chi connectivity index (χ2n) is 6.30. The second-order valence-corrected chi connectivity index (χ2v) is 6.30. The number of hydroxylamine groups is 1. The van der Waals surface area contributed by atoms with E-state index in [4.69, 9.17) is 5.21 Å². The fourth-order valence-electron chi connectivity index (χ4n) is 3.44. The number of rotatable bonds is 4. The number of benzene rings is 2. The summed E-state index contributed by atoms with van der Waals surface area (Å²) in [5.74, 6) is -0.522. The zero-order valence-electron chi connectivity index (χ0n) is 14.0. The highest BCUT2D eigenvalue weighted by Gasteiger charge is 2.33. The number of nitrogens with zero attached hydrogens (tertiary/aromatic N) is 1. The molecule has 26 heavy (non-hydrogen) atoms. The lowest BCUT2D eigenvalue weighted by Gasteiger charge is -2.37. The van der Waals surface area contributed by atoms with Gasteiger partial charge in [-0.25, -0.2) is 5.48 Å². The first-order chi connectivity index (χ1) is 12.4. The van der Waals surface area contributed by atoms with Gasteiger partial charge in [-0.15, -0.1) is 0 Å². The Bertz CT molecular complexity index is 792. The Morgan fingerprint density at radius 3 is 2.69 bits per heavy atom. The van der Waals surface area contributed by atoms with E-state index in [2.05, 4.69) is 0 Å². The van der Waals surface area contributed by atoms with Crippen LogP contribution in [-0.2, 0) is 17.4 Å². The number of carbonyl (C=O) groups excluding carboxylic acids is 1. The van der Waals surface area contributed by atoms with E-state index in [-0.39, 0.29) is 12.5 Å². The molecule has 2 N–H and O–H groups in total. The molecule has 1 aliphatic rings. The van der Waals surface area contributed by atoms with Crippen LogP contribution in [0.3, 0.4) is 0 Å². The molecule has 2 aromatic rings. The summed E-state index contributed by atoms with van der Waals surface area (Å²) in [7, 11) is 0. The van der Waals surface area contributed by atoms with Crippen LogP contribution in [-0.4, -0.2) is 29.1 Å². The van der Waals surface area contributed by atoms with E-state index >= 15 is 0 Å². The first kappa shape index (κ1) is 18.4. The monoisotopic (exact) mass is 364 g/mol. The van der Waals surface area contributed by atoms with Crippen LogP contribution in [0.1, 0.15) is 34.7 Å². The van der Waals surface area contributed by atoms with Gasteiger partial charge in [-0.1, -0.05) is 36.4 Å². The largest absolute Gasteiger partial charge is 0.416 e. The van der Waals surface area contributed by atoms with Gasteiger partial charge in [0.15, 0.2) is 0 Å². The number of alkyl halides is 3. The fourth-order valence-corrected chi connectivity index (χ4v) is 3.44. The molecule has 1 heterocycles. The van der Waals surface area contributed by atoms with Crippen molar-refractivity contribution in [2.75, 3.05) is 13.1 Å². The van der Waals surface area contributed by atoms with Gasteiger partial charge >= 0.3 is 6.18 Å². The molecule has 4 nitrogen and oxygen atoms in total. The number of fused-ring (bicyclic) bond motifs is 1. The molecule has 0 aliphatic carbocycles. The molecule has 0 bridgehead atoms. The van der Waals surface area contributed by atoms with E-state index in [0.29, 0.717) is 18.7 Å². The van der Waals surface area contributed by atoms with Gasteiger partial charge in [-0.2, -0.15) is 13.2 Å². The van der Waals surface area contributed by atoms with Crippen LogP contribution in [0.2, 0.25) is 0 Å². The van der Waals surface area contributed by atoms with Crippen LogP contribution in [0.15, 0.2) is 48.5 Å². The number of nitrogens with one attached hydrogen (secondary N) is 1. The lowest BCUT2D eigenvalue weighted by molar-refractivity contribution is -0.137. The maximum Gasteiger partial charge on any atom is 0.416 e. The molecule has 1 atom stereocenters. The maximum atomic E-state index is 13.1. The van der Waals surface area contributed by atoms with Gasteiger partial charge in [-0.3, -0.25) is 14.9 Å². The topological polar surface area (TPSA) is 52.6 Å². The molecule has 3 rings (SSSR count). The molecule has 1 amide bonds. The van der Waals surface area contributed by atoms with E-state index in [1.165, 1.54) is 12.1 Å². The summed E-state index contributed by atoms with van der Waals surface area (Å²) in [6.07, 6.45) is -3.59. The SMILES string of the molecule is O=C(CCN1CCc2ccccc2C1c1cccc(C(F)(F)F)c1)NO. The normalized spacial score (nSPS) is 17.6. The predicted molar refractivity (Wildman–Crippen MR) is 89.6 cm³/mol. The summed E-state index contributed by atoms with van der Waals surface area (Å²) in [5, 5.41) is 8.69. The molecule has 0 saturated carbocycles. The van der Waals surface area contributed by atoms with Crippen LogP contribution in [0.5, 0.6) is 0 Å². The highest BCUT2D eigenvalue weighted by molar-refractivity contribution is 5.74. The van der Waals surface area contributed by atoms with Crippen molar-refractivity contribution in [1.29, 1.82) is 0 Å². The summed E-state index contributed by atoms with van der Waals surface area (Å²) < 4.78 is 39.4. The number of amides is 1. The van der Waals surface area contributed by atoms with Gasteiger partial charge in [0.1, 0.15) is 0 Å². The minimum atomic E-state index is -4.41. The Morgan fingerprint density at radius 2 is 1.96 bits per heavy atom. The standard InChI is InChI=1S/C19H19F3N2O2/c20-19(21,22)15-6-3-5-14(12-15)18-16-7-2-1-4-13(16)8-10-24(18)11-9-17(25)23-26/h1-7,12,18,26H,8-11H2,(H,23,25). The summed E-state index contributed by atoms with van der Waals surface area (Å²) in [6.45, 7) is 0.957. The fraction of sp³-hybridized carbons (Fsp3) is 0.316. The molecule has 1 unspecified atom stereocenters. The van der Waals surface area contributed by atoms with Crippen LogP contribution >= 0.6 is 0 Å². The maximum absolute atomic E-state index is 13.1. The zero-order valence-corrected chi connectivity index (χ0v) is 14.0. The Balaban J connectivity index is 1.99. The molecule has 0 radical (unpaired) electrons. The van der Waals surface area contributed by atoms with Gasteiger partial charge in [-0.05, 0) is 35.2 Å². The summed E-state index contributed by atoms with van der Waals surface area (Å²) >= 11 is 0. The van der Waals surface area contributed by atoms with E-state index in [0.717, 1.165) is 23.6 Å². The Kier molecular flexibility index (Phi) is 5.29. The van der Waals surface area contributed by atoms with Crippen LogP contribution < -0.4 is 5.48 Å². The van der Waals surface area contributed by atoms with E-state index < -0.39 is 17.6 Å². The molecule has 7 heteroatoms. The Hall–Kier alpha value is -2.38. The third kappa shape index (κ3) is 3.89.